The zero-order chi connectivity index (χ0) is 13.5. The van der Waals surface area contributed by atoms with Crippen molar-refractivity contribution in [2.45, 2.75) is 31.8 Å². The molecule has 1 amide bonds. The normalized spacial score (nSPS) is 23.7. The van der Waals surface area contributed by atoms with E-state index in [1.54, 1.807) is 0 Å². The van der Waals surface area contributed by atoms with E-state index in [9.17, 15) is 14.9 Å². The van der Waals surface area contributed by atoms with Crippen molar-refractivity contribution in [3.63, 3.8) is 0 Å². The minimum atomic E-state index is -0.718. The van der Waals surface area contributed by atoms with E-state index in [1.807, 2.05) is 19.0 Å². The molecule has 0 heterocycles. The van der Waals surface area contributed by atoms with Gasteiger partial charge in [-0.1, -0.05) is 0 Å². The van der Waals surface area contributed by atoms with Gasteiger partial charge >= 0.3 is 0 Å². The summed E-state index contributed by atoms with van der Waals surface area (Å²) in [5.74, 6) is 0.423. The van der Waals surface area contributed by atoms with Gasteiger partial charge in [0, 0.05) is 6.54 Å². The Labute approximate surface area is 107 Å². The molecular weight excluding hydrogens is 238 g/mol. The molecule has 0 aromatic rings. The van der Waals surface area contributed by atoms with Crippen LogP contribution in [0, 0.1) is 16.0 Å². The third kappa shape index (κ3) is 5.81. The lowest BCUT2D eigenvalue weighted by Gasteiger charge is -2.27. The van der Waals surface area contributed by atoms with Gasteiger partial charge in [0.15, 0.2) is 0 Å². The molecule has 1 rings (SSSR count). The van der Waals surface area contributed by atoms with Gasteiger partial charge in [0.05, 0.1) is 6.54 Å². The molecule has 104 valence electrons. The average molecular weight is 259 g/mol. The van der Waals surface area contributed by atoms with Crippen molar-refractivity contribution >= 4 is 5.91 Å². The van der Waals surface area contributed by atoms with E-state index in [-0.39, 0.29) is 12.0 Å². The second-order valence-corrected chi connectivity index (χ2v) is 5.01. The molecule has 1 aliphatic carbocycles. The monoisotopic (exact) mass is 259 g/mol. The van der Waals surface area contributed by atoms with Crippen LogP contribution in [0.25, 0.3) is 0 Å². The van der Waals surface area contributed by atoms with E-state index in [1.165, 1.54) is 0 Å². The molecule has 1 aliphatic rings. The van der Waals surface area contributed by atoms with Crippen LogP contribution in [0.2, 0.25) is 0 Å². The molecule has 7 nitrogen and oxygen atoms in total. The molecule has 0 radical (unpaired) electrons. The van der Waals surface area contributed by atoms with Crippen LogP contribution < -0.4 is 5.32 Å². The topological polar surface area (TPSA) is 84.7 Å². The molecule has 1 N–H and O–H groups in total. The Kier molecular flexibility index (Phi) is 5.84. The average Bonchev–Trinajstić information content (AvgIpc) is 2.26. The number of carbonyl (C=O) groups is 1. The first-order valence-electron chi connectivity index (χ1n) is 6.20. The highest BCUT2D eigenvalue weighted by Gasteiger charge is 2.23. The maximum atomic E-state index is 11.4. The van der Waals surface area contributed by atoms with Crippen LogP contribution in [0.3, 0.4) is 0 Å². The van der Waals surface area contributed by atoms with Crippen molar-refractivity contribution in [1.29, 1.82) is 0 Å². The van der Waals surface area contributed by atoms with Crippen molar-refractivity contribution < 1.29 is 14.7 Å². The number of hydrogen-bond acceptors (Lipinski definition) is 5. The molecule has 18 heavy (non-hydrogen) atoms. The molecule has 0 atom stereocenters. The largest absolute Gasteiger partial charge is 0.355 e. The summed E-state index contributed by atoms with van der Waals surface area (Å²) >= 11 is 0. The highest BCUT2D eigenvalue weighted by Crippen LogP contribution is 2.25. The lowest BCUT2D eigenvalue weighted by Crippen LogP contribution is -2.37. The first-order chi connectivity index (χ1) is 8.47. The number of nitrogens with zero attached hydrogens (tertiary/aromatic N) is 2. The van der Waals surface area contributed by atoms with Crippen molar-refractivity contribution in [3.8, 4) is 0 Å². The number of carbonyl (C=O) groups excluding carboxylic acids is 1. The van der Waals surface area contributed by atoms with Gasteiger partial charge in [-0.15, -0.1) is 10.1 Å². The minimum Gasteiger partial charge on any atom is -0.355 e. The van der Waals surface area contributed by atoms with Gasteiger partial charge in [0.2, 0.25) is 5.91 Å². The molecule has 1 fully saturated rings. The van der Waals surface area contributed by atoms with Crippen LogP contribution in [0.5, 0.6) is 0 Å². The Hall–Kier alpha value is -1.37. The number of rotatable bonds is 6. The van der Waals surface area contributed by atoms with Gasteiger partial charge in [0.1, 0.15) is 6.10 Å². The molecule has 0 saturated heterocycles. The molecule has 7 heteroatoms. The van der Waals surface area contributed by atoms with Crippen molar-refractivity contribution in [2.24, 2.45) is 5.92 Å². The fourth-order valence-corrected chi connectivity index (χ4v) is 2.16. The number of likely N-dealkylation sites (N-methyl/N-ethyl adjacent to an activating group) is 1. The maximum absolute atomic E-state index is 11.4. The lowest BCUT2D eigenvalue weighted by atomic mass is 9.87. The van der Waals surface area contributed by atoms with Gasteiger partial charge in [-0.25, -0.2) is 0 Å². The van der Waals surface area contributed by atoms with Gasteiger partial charge in [-0.05, 0) is 45.7 Å². The summed E-state index contributed by atoms with van der Waals surface area (Å²) in [5, 5.41) is 12.4. The summed E-state index contributed by atoms with van der Waals surface area (Å²) in [6, 6.07) is 0. The molecule has 0 bridgehead atoms. The van der Waals surface area contributed by atoms with Crippen molar-refractivity contribution in [3.05, 3.63) is 10.1 Å². The molecule has 0 aliphatic heterocycles. The predicted molar refractivity (Wildman–Crippen MR) is 65.4 cm³/mol. The zero-order valence-corrected chi connectivity index (χ0v) is 10.9. The summed E-state index contributed by atoms with van der Waals surface area (Å²) in [4.78, 5) is 28.0. The van der Waals surface area contributed by atoms with E-state index < -0.39 is 5.09 Å². The van der Waals surface area contributed by atoms with E-state index in [0.29, 0.717) is 31.8 Å². The van der Waals surface area contributed by atoms with E-state index in [0.717, 1.165) is 12.8 Å². The van der Waals surface area contributed by atoms with Gasteiger partial charge in [-0.3, -0.25) is 4.79 Å². The Bertz CT molecular complexity index is 288. The number of hydrogen-bond donors (Lipinski definition) is 1. The SMILES string of the molecule is CN(C)CC(=O)NCC1CCC(O[N+](=O)[O-])CC1. The molecular formula is C11H21N3O4. The molecule has 0 unspecified atom stereocenters. The second kappa shape index (κ2) is 7.15. The Balaban J connectivity index is 2.15. The van der Waals surface area contributed by atoms with Crippen LogP contribution >= 0.6 is 0 Å². The lowest BCUT2D eigenvalue weighted by molar-refractivity contribution is -0.769. The Morgan fingerprint density at radius 3 is 2.50 bits per heavy atom. The summed E-state index contributed by atoms with van der Waals surface area (Å²) in [7, 11) is 3.69. The van der Waals surface area contributed by atoms with E-state index >= 15 is 0 Å². The summed E-state index contributed by atoms with van der Waals surface area (Å²) in [6.45, 7) is 1.04. The summed E-state index contributed by atoms with van der Waals surface area (Å²) in [5.41, 5.74) is 0. The third-order valence-electron chi connectivity index (χ3n) is 3.08. The first-order valence-corrected chi connectivity index (χ1v) is 6.20. The van der Waals surface area contributed by atoms with Gasteiger partial charge in [-0.2, -0.15) is 0 Å². The Morgan fingerprint density at radius 2 is 2.00 bits per heavy atom. The molecule has 0 aromatic carbocycles. The van der Waals surface area contributed by atoms with Gasteiger partial charge < -0.3 is 15.1 Å². The van der Waals surface area contributed by atoms with Crippen LogP contribution in [-0.4, -0.2) is 49.2 Å². The molecule has 0 spiro atoms. The minimum absolute atomic E-state index is 0.0173. The highest BCUT2D eigenvalue weighted by molar-refractivity contribution is 5.77. The van der Waals surface area contributed by atoms with E-state index in [2.05, 4.69) is 10.2 Å². The number of amides is 1. The predicted octanol–water partition coefficient (Wildman–Crippen LogP) is 0.431. The molecule has 0 aromatic heterocycles. The van der Waals surface area contributed by atoms with Crippen LogP contribution in [0.1, 0.15) is 25.7 Å². The van der Waals surface area contributed by atoms with Crippen LogP contribution in [-0.2, 0) is 9.63 Å². The maximum Gasteiger partial charge on any atom is 0.294 e. The standard InChI is InChI=1S/C11H21N3O4/c1-13(2)8-11(15)12-7-9-3-5-10(6-4-9)18-14(16)17/h9-10H,3-8H2,1-2H3,(H,12,15). The fraction of sp³-hybridized carbons (Fsp3) is 0.909. The molecule has 1 saturated carbocycles. The summed E-state index contributed by atoms with van der Waals surface area (Å²) in [6.07, 6.45) is 2.83. The quantitative estimate of drug-likeness (QED) is 0.552. The van der Waals surface area contributed by atoms with Crippen LogP contribution in [0.15, 0.2) is 0 Å². The third-order valence-corrected chi connectivity index (χ3v) is 3.08. The van der Waals surface area contributed by atoms with Crippen molar-refractivity contribution in [1.82, 2.24) is 10.2 Å². The van der Waals surface area contributed by atoms with Gasteiger partial charge in [0.25, 0.3) is 5.09 Å². The fourth-order valence-electron chi connectivity index (χ4n) is 2.16. The summed E-state index contributed by atoms with van der Waals surface area (Å²) < 4.78 is 0. The Morgan fingerprint density at radius 1 is 1.39 bits per heavy atom. The first kappa shape index (κ1) is 14.7. The van der Waals surface area contributed by atoms with Crippen molar-refractivity contribution in [2.75, 3.05) is 27.2 Å². The zero-order valence-electron chi connectivity index (χ0n) is 10.9. The highest BCUT2D eigenvalue weighted by atomic mass is 17.0. The smallest absolute Gasteiger partial charge is 0.294 e. The van der Waals surface area contributed by atoms with E-state index in [4.69, 9.17) is 0 Å². The second-order valence-electron chi connectivity index (χ2n) is 5.01. The number of nitrogens with one attached hydrogen (secondary N) is 1. The van der Waals surface area contributed by atoms with Crippen LogP contribution in [0.4, 0.5) is 0 Å².